The second-order valence-corrected chi connectivity index (χ2v) is 8.45. The molecular weight excluding hydrogens is 396 g/mol. The van der Waals surface area contributed by atoms with Crippen LogP contribution in [0, 0.1) is 5.92 Å². The molecule has 0 amide bonds. The minimum absolute atomic E-state index is 0.0551. The fraction of sp³-hybridized carbons (Fsp3) is 0.280. The van der Waals surface area contributed by atoms with Gasteiger partial charge in [-0.3, -0.25) is 4.79 Å². The van der Waals surface area contributed by atoms with E-state index in [0.717, 1.165) is 6.08 Å². The second-order valence-electron chi connectivity index (χ2n) is 8.45. The number of carboxylic acids is 1. The van der Waals surface area contributed by atoms with Crippen LogP contribution in [0.25, 0.3) is 11.6 Å². The molecule has 6 heteroatoms. The topological polar surface area (TPSA) is 93.1 Å². The zero-order chi connectivity index (χ0) is 22.5. The molecule has 0 saturated carbocycles. The Morgan fingerprint density at radius 1 is 1.13 bits per heavy atom. The van der Waals surface area contributed by atoms with Crippen molar-refractivity contribution in [1.29, 1.82) is 0 Å². The predicted molar refractivity (Wildman–Crippen MR) is 117 cm³/mol. The first-order chi connectivity index (χ1) is 14.6. The standard InChI is InChI=1S/C25H24O6/c1-13-14(2)30-23-16-10-11-25(3,4)31-24(16)19(22(29)20(23)21(13)28)17(12-18(26)27)15-8-6-5-7-9-15/h5-14,29H,1-4H3,(H,26,27)/b17-12-/t13-,14+/m0/s1. The van der Waals surface area contributed by atoms with Crippen LogP contribution in [0.1, 0.15) is 54.7 Å². The van der Waals surface area contributed by atoms with Gasteiger partial charge in [-0.2, -0.15) is 0 Å². The highest BCUT2D eigenvalue weighted by Gasteiger charge is 2.40. The number of Topliss-reactive ketones (excluding diaryl/α,β-unsaturated/α-hetero) is 1. The number of carboxylic acid groups (broad SMARTS) is 1. The van der Waals surface area contributed by atoms with Gasteiger partial charge in [0.2, 0.25) is 0 Å². The fourth-order valence-corrected chi connectivity index (χ4v) is 3.92. The van der Waals surface area contributed by atoms with E-state index in [1.165, 1.54) is 0 Å². The van der Waals surface area contributed by atoms with E-state index < -0.39 is 17.5 Å². The number of phenolic OH excluding ortho intramolecular Hbond substituents is 1. The molecule has 0 aliphatic carbocycles. The number of aliphatic carboxylic acids is 1. The van der Waals surface area contributed by atoms with E-state index in [-0.39, 0.29) is 45.8 Å². The molecule has 2 aromatic carbocycles. The van der Waals surface area contributed by atoms with E-state index in [0.29, 0.717) is 11.1 Å². The second kappa shape index (κ2) is 7.30. The number of fused-ring (bicyclic) bond motifs is 3. The average Bonchev–Trinajstić information content (AvgIpc) is 2.70. The van der Waals surface area contributed by atoms with Crippen LogP contribution in [0.5, 0.6) is 17.2 Å². The molecule has 2 aliphatic rings. The molecule has 4 rings (SSSR count). The van der Waals surface area contributed by atoms with Crippen molar-refractivity contribution in [2.24, 2.45) is 5.92 Å². The summed E-state index contributed by atoms with van der Waals surface area (Å²) in [4.78, 5) is 24.9. The lowest BCUT2D eigenvalue weighted by Gasteiger charge is -2.35. The lowest BCUT2D eigenvalue weighted by molar-refractivity contribution is -0.131. The Bertz CT molecular complexity index is 1140. The van der Waals surface area contributed by atoms with Crippen LogP contribution in [0.2, 0.25) is 0 Å². The summed E-state index contributed by atoms with van der Waals surface area (Å²) in [7, 11) is 0. The summed E-state index contributed by atoms with van der Waals surface area (Å²) in [6.45, 7) is 7.26. The molecule has 2 N–H and O–H groups in total. The lowest BCUT2D eigenvalue weighted by Crippen LogP contribution is -2.35. The van der Waals surface area contributed by atoms with E-state index in [1.807, 2.05) is 26.0 Å². The highest BCUT2D eigenvalue weighted by atomic mass is 16.5. The minimum atomic E-state index is -1.18. The van der Waals surface area contributed by atoms with Crippen LogP contribution in [-0.4, -0.2) is 33.7 Å². The smallest absolute Gasteiger partial charge is 0.328 e. The zero-order valence-electron chi connectivity index (χ0n) is 17.8. The molecule has 0 unspecified atom stereocenters. The van der Waals surface area contributed by atoms with Crippen LogP contribution in [0.15, 0.2) is 42.5 Å². The van der Waals surface area contributed by atoms with Crippen molar-refractivity contribution in [3.8, 4) is 17.2 Å². The van der Waals surface area contributed by atoms with Gasteiger partial charge < -0.3 is 19.7 Å². The van der Waals surface area contributed by atoms with E-state index in [2.05, 4.69) is 0 Å². The number of rotatable bonds is 3. The summed E-state index contributed by atoms with van der Waals surface area (Å²) in [6, 6.07) is 8.85. The maximum absolute atomic E-state index is 13.2. The molecule has 0 saturated heterocycles. The third-order valence-corrected chi connectivity index (χ3v) is 5.72. The van der Waals surface area contributed by atoms with E-state index in [9.17, 15) is 19.8 Å². The van der Waals surface area contributed by atoms with Gasteiger partial charge in [0.25, 0.3) is 0 Å². The molecule has 0 spiro atoms. The van der Waals surface area contributed by atoms with Crippen molar-refractivity contribution in [2.45, 2.75) is 39.4 Å². The molecule has 2 aliphatic heterocycles. The number of aromatic hydroxyl groups is 1. The van der Waals surface area contributed by atoms with Crippen molar-refractivity contribution < 1.29 is 29.3 Å². The lowest BCUT2D eigenvalue weighted by atomic mass is 9.83. The van der Waals surface area contributed by atoms with Crippen molar-refractivity contribution >= 4 is 23.4 Å². The van der Waals surface area contributed by atoms with E-state index in [4.69, 9.17) is 9.47 Å². The summed E-state index contributed by atoms with van der Waals surface area (Å²) < 4.78 is 12.2. The zero-order valence-corrected chi connectivity index (χ0v) is 17.8. The number of phenols is 1. The number of carbonyl (C=O) groups is 2. The quantitative estimate of drug-likeness (QED) is 0.700. The van der Waals surface area contributed by atoms with Crippen LogP contribution < -0.4 is 9.47 Å². The Morgan fingerprint density at radius 3 is 2.45 bits per heavy atom. The van der Waals surface area contributed by atoms with Crippen molar-refractivity contribution in [3.05, 3.63) is 64.7 Å². The molecule has 6 nitrogen and oxygen atoms in total. The third kappa shape index (κ3) is 3.48. The van der Waals surface area contributed by atoms with Gasteiger partial charge in [-0.05, 0) is 38.5 Å². The Hall–Kier alpha value is -3.54. The molecule has 2 aromatic rings. The maximum Gasteiger partial charge on any atom is 0.328 e. The average molecular weight is 420 g/mol. The number of ketones is 1. The van der Waals surface area contributed by atoms with Crippen molar-refractivity contribution in [3.63, 3.8) is 0 Å². The Balaban J connectivity index is 2.11. The SMILES string of the molecule is C[C@@H]1C(=O)c2c(O)c(/C(=C\C(=O)O)c3ccccc3)c3c(c2O[C@@H]1C)C=CC(C)(C)O3. The fourth-order valence-electron chi connectivity index (χ4n) is 3.92. The Labute approximate surface area is 180 Å². The molecule has 0 bridgehead atoms. The first-order valence-corrected chi connectivity index (χ1v) is 10.1. The number of ether oxygens (including phenoxy) is 2. The van der Waals surface area contributed by atoms with Gasteiger partial charge in [0.1, 0.15) is 34.5 Å². The predicted octanol–water partition coefficient (Wildman–Crippen LogP) is 4.69. The highest BCUT2D eigenvalue weighted by Crippen LogP contribution is 2.53. The maximum atomic E-state index is 13.2. The van der Waals surface area contributed by atoms with Gasteiger partial charge in [-0.1, -0.05) is 37.3 Å². The molecule has 160 valence electrons. The molecular formula is C25H24O6. The van der Waals surface area contributed by atoms with Crippen LogP contribution in [0.4, 0.5) is 0 Å². The summed E-state index contributed by atoms with van der Waals surface area (Å²) in [5, 5.41) is 20.9. The van der Waals surface area contributed by atoms with Crippen LogP contribution in [0.3, 0.4) is 0 Å². The number of benzene rings is 2. The monoisotopic (exact) mass is 420 g/mol. The summed E-state index contributed by atoms with van der Waals surface area (Å²) in [5.74, 6) is -1.68. The van der Waals surface area contributed by atoms with Gasteiger partial charge in [0, 0.05) is 11.6 Å². The molecule has 31 heavy (non-hydrogen) atoms. The van der Waals surface area contributed by atoms with Gasteiger partial charge in [-0.15, -0.1) is 0 Å². The molecule has 0 aromatic heterocycles. The van der Waals surface area contributed by atoms with Crippen LogP contribution in [-0.2, 0) is 4.79 Å². The van der Waals surface area contributed by atoms with E-state index >= 15 is 0 Å². The first kappa shape index (κ1) is 20.7. The molecule has 0 fully saturated rings. The van der Waals surface area contributed by atoms with Crippen molar-refractivity contribution in [2.75, 3.05) is 0 Å². The minimum Gasteiger partial charge on any atom is -0.506 e. The largest absolute Gasteiger partial charge is 0.506 e. The van der Waals surface area contributed by atoms with E-state index in [1.54, 1.807) is 44.2 Å². The molecule has 2 atom stereocenters. The van der Waals surface area contributed by atoms with Crippen LogP contribution >= 0.6 is 0 Å². The summed E-state index contributed by atoms with van der Waals surface area (Å²) >= 11 is 0. The molecule has 0 radical (unpaired) electrons. The number of hydrogen-bond acceptors (Lipinski definition) is 5. The normalized spacial score (nSPS) is 21.5. The Kier molecular flexibility index (Phi) is 4.88. The van der Waals surface area contributed by atoms with Gasteiger partial charge in [0.05, 0.1) is 17.0 Å². The van der Waals surface area contributed by atoms with Gasteiger partial charge >= 0.3 is 5.97 Å². The van der Waals surface area contributed by atoms with Crippen molar-refractivity contribution in [1.82, 2.24) is 0 Å². The first-order valence-electron chi connectivity index (χ1n) is 10.1. The Morgan fingerprint density at radius 2 is 1.81 bits per heavy atom. The number of carbonyl (C=O) groups excluding carboxylic acids is 1. The highest BCUT2D eigenvalue weighted by molar-refractivity contribution is 6.09. The number of hydrogen-bond donors (Lipinski definition) is 2. The summed E-state index contributed by atoms with van der Waals surface area (Å²) in [5.41, 5.74) is 0.851. The van der Waals surface area contributed by atoms with Gasteiger partial charge in [-0.25, -0.2) is 4.79 Å². The van der Waals surface area contributed by atoms with Gasteiger partial charge in [0.15, 0.2) is 5.78 Å². The molecule has 2 heterocycles. The third-order valence-electron chi connectivity index (χ3n) is 5.72. The summed E-state index contributed by atoms with van der Waals surface area (Å²) in [6.07, 6.45) is 4.29.